The molecule has 0 spiro atoms. The van der Waals surface area contributed by atoms with Crippen molar-refractivity contribution in [1.29, 1.82) is 0 Å². The van der Waals surface area contributed by atoms with Gasteiger partial charge in [-0.15, -0.1) is 11.3 Å². The minimum atomic E-state index is -3.68. The third-order valence-corrected chi connectivity index (χ3v) is 9.86. The molecular formula is C22H20ClFN6O2S2. The molecule has 3 aromatic heterocycles. The molecule has 1 unspecified atom stereocenters. The maximum atomic E-state index is 15.3. The van der Waals surface area contributed by atoms with E-state index in [0.717, 1.165) is 10.00 Å². The first kappa shape index (κ1) is 22.8. The second kappa shape index (κ2) is 7.76. The van der Waals surface area contributed by atoms with E-state index in [4.69, 9.17) is 17.3 Å². The summed E-state index contributed by atoms with van der Waals surface area (Å²) in [5, 5.41) is 5.13. The molecule has 0 radical (unpaired) electrons. The van der Waals surface area contributed by atoms with Crippen LogP contribution in [0.3, 0.4) is 0 Å². The molecule has 4 aromatic rings. The maximum absolute atomic E-state index is 15.3. The summed E-state index contributed by atoms with van der Waals surface area (Å²) < 4.78 is 43.9. The fraction of sp³-hybridized carbons (Fsp3) is 0.227. The molecule has 1 aromatic carbocycles. The summed E-state index contributed by atoms with van der Waals surface area (Å²) in [6.07, 6.45) is 3.21. The summed E-state index contributed by atoms with van der Waals surface area (Å²) in [7, 11) is -0.526. The van der Waals surface area contributed by atoms with Crippen LogP contribution in [0.5, 0.6) is 0 Å². The molecule has 5 rings (SSSR count). The van der Waals surface area contributed by atoms with Gasteiger partial charge in [0.25, 0.3) is 0 Å². The lowest BCUT2D eigenvalue weighted by molar-refractivity contribution is 0.482. The number of nitrogens with two attached hydrogens (primary N) is 1. The van der Waals surface area contributed by atoms with E-state index in [1.54, 1.807) is 49.2 Å². The number of sulfonamides is 1. The Morgan fingerprint density at radius 3 is 2.62 bits per heavy atom. The zero-order chi connectivity index (χ0) is 24.4. The molecule has 12 heteroatoms. The second-order valence-electron chi connectivity index (χ2n) is 8.28. The van der Waals surface area contributed by atoms with Crippen LogP contribution in [0.4, 0.5) is 4.39 Å². The number of hydrogen-bond acceptors (Lipinski definition) is 7. The number of pyridine rings is 1. The number of fused-ring (bicyclic) bond motifs is 1. The van der Waals surface area contributed by atoms with Gasteiger partial charge in [0.1, 0.15) is 11.4 Å². The van der Waals surface area contributed by atoms with Crippen LogP contribution in [-0.4, -0.2) is 46.2 Å². The lowest BCUT2D eigenvalue weighted by Crippen LogP contribution is -2.50. The molecule has 8 nitrogen and oxygen atoms in total. The molecule has 0 bridgehead atoms. The van der Waals surface area contributed by atoms with E-state index >= 15 is 4.39 Å². The number of halogens is 2. The molecule has 2 N–H and O–H groups in total. The number of thiophene rings is 1. The van der Waals surface area contributed by atoms with Gasteiger partial charge in [-0.25, -0.2) is 22.1 Å². The Morgan fingerprint density at radius 1 is 1.21 bits per heavy atom. The number of aryl methyl sites for hydroxylation is 1. The monoisotopic (exact) mass is 518 g/mol. The van der Waals surface area contributed by atoms with Gasteiger partial charge in [-0.2, -0.15) is 5.10 Å². The van der Waals surface area contributed by atoms with Gasteiger partial charge in [0.15, 0.2) is 0 Å². The zero-order valence-electron chi connectivity index (χ0n) is 18.5. The molecule has 0 saturated heterocycles. The van der Waals surface area contributed by atoms with Crippen LogP contribution in [-0.2, 0) is 22.6 Å². The average Bonchev–Trinajstić information content (AvgIpc) is 3.35. The van der Waals surface area contributed by atoms with Crippen molar-refractivity contribution in [3.63, 3.8) is 0 Å². The third kappa shape index (κ3) is 3.46. The van der Waals surface area contributed by atoms with Gasteiger partial charge in [-0.1, -0.05) is 17.7 Å². The third-order valence-electron chi connectivity index (χ3n) is 5.94. The topological polar surface area (TPSA) is 106 Å². The molecule has 0 aliphatic carbocycles. The lowest BCUT2D eigenvalue weighted by atomic mass is 10.0. The molecule has 176 valence electrons. The largest absolute Gasteiger partial charge is 0.369 e. The van der Waals surface area contributed by atoms with E-state index in [2.05, 4.69) is 15.1 Å². The van der Waals surface area contributed by atoms with Gasteiger partial charge in [0.05, 0.1) is 31.7 Å². The fourth-order valence-corrected chi connectivity index (χ4v) is 7.47. The van der Waals surface area contributed by atoms with Crippen LogP contribution in [0.2, 0.25) is 5.02 Å². The summed E-state index contributed by atoms with van der Waals surface area (Å²) in [6, 6.07) is 8.45. The highest BCUT2D eigenvalue weighted by atomic mass is 35.5. The molecule has 0 saturated carbocycles. The minimum Gasteiger partial charge on any atom is -0.369 e. The lowest BCUT2D eigenvalue weighted by Gasteiger charge is -2.33. The first-order valence-electron chi connectivity index (χ1n) is 10.2. The Kier molecular flexibility index (Phi) is 5.19. The van der Waals surface area contributed by atoms with Crippen LogP contribution in [0, 0.1) is 5.82 Å². The molecule has 0 fully saturated rings. The molecule has 0 amide bonds. The summed E-state index contributed by atoms with van der Waals surface area (Å²) in [6.45, 7) is 1.68. The highest BCUT2D eigenvalue weighted by molar-refractivity contribution is 7.89. The molecule has 4 heterocycles. The Hall–Kier alpha value is -3.02. The van der Waals surface area contributed by atoms with Crippen molar-refractivity contribution in [3.05, 3.63) is 58.4 Å². The first-order valence-corrected chi connectivity index (χ1v) is 13.0. The smallest absolute Gasteiger partial charge is 0.239 e. The summed E-state index contributed by atoms with van der Waals surface area (Å²) in [5.74, 6) is -0.849. The van der Waals surface area contributed by atoms with E-state index in [1.807, 2.05) is 6.07 Å². The Labute approximate surface area is 204 Å². The predicted molar refractivity (Wildman–Crippen MR) is 133 cm³/mol. The number of benzene rings is 1. The number of guanidine groups is 1. The van der Waals surface area contributed by atoms with Crippen molar-refractivity contribution in [2.45, 2.75) is 12.5 Å². The average molecular weight is 519 g/mol. The van der Waals surface area contributed by atoms with E-state index in [9.17, 15) is 8.42 Å². The van der Waals surface area contributed by atoms with Gasteiger partial charge in [-0.05, 0) is 31.2 Å². The quantitative estimate of drug-likeness (QED) is 0.442. The van der Waals surface area contributed by atoms with Crippen LogP contribution in [0.25, 0.3) is 32.6 Å². The summed E-state index contributed by atoms with van der Waals surface area (Å²) in [4.78, 5) is 9.42. The SMILES string of the molecule is CN1C(N)=NC(C)(c2sc3c(-c4ccc(-c5ccnn5C)cc4F)nccc3c2Cl)CS1(=O)=O. The second-order valence-corrected chi connectivity index (χ2v) is 11.7. The van der Waals surface area contributed by atoms with Crippen LogP contribution >= 0.6 is 22.9 Å². The first-order chi connectivity index (χ1) is 16.0. The van der Waals surface area contributed by atoms with Gasteiger partial charge in [0.2, 0.25) is 16.0 Å². The summed E-state index contributed by atoms with van der Waals surface area (Å²) in [5.41, 5.74) is 6.92. The highest BCUT2D eigenvalue weighted by Crippen LogP contribution is 2.47. The van der Waals surface area contributed by atoms with E-state index in [1.165, 1.54) is 24.5 Å². The van der Waals surface area contributed by atoms with Crippen molar-refractivity contribution in [2.75, 3.05) is 12.8 Å². The number of nitrogens with zero attached hydrogens (tertiary/aromatic N) is 5. The Bertz CT molecular complexity index is 1600. The van der Waals surface area contributed by atoms with E-state index < -0.39 is 21.4 Å². The van der Waals surface area contributed by atoms with Gasteiger partial charge in [0, 0.05) is 43.0 Å². The van der Waals surface area contributed by atoms with Crippen molar-refractivity contribution < 1.29 is 12.8 Å². The van der Waals surface area contributed by atoms with Crippen LogP contribution < -0.4 is 5.73 Å². The number of rotatable bonds is 3. The zero-order valence-corrected chi connectivity index (χ0v) is 20.8. The number of aromatic nitrogens is 3. The standard InChI is InChI=1S/C22H20ClFN6O2S2/c1-22(11-34(31,32)30(3)21(25)28-22)20-17(23)14-6-8-26-18(19(14)33-20)13-5-4-12(10-15(13)24)16-7-9-27-29(16)2/h4-10H,11H2,1-3H3,(H2,25,28). The Morgan fingerprint density at radius 2 is 1.97 bits per heavy atom. The normalized spacial score (nSPS) is 20.0. The van der Waals surface area contributed by atoms with E-state index in [-0.39, 0.29) is 11.7 Å². The summed E-state index contributed by atoms with van der Waals surface area (Å²) >= 11 is 7.97. The van der Waals surface area contributed by atoms with Gasteiger partial charge >= 0.3 is 0 Å². The number of aliphatic imine (C=N–C) groups is 1. The van der Waals surface area contributed by atoms with Crippen molar-refractivity contribution >= 4 is 49.0 Å². The molecule has 34 heavy (non-hydrogen) atoms. The molecule has 1 aliphatic rings. The van der Waals surface area contributed by atoms with Crippen molar-refractivity contribution in [2.24, 2.45) is 17.8 Å². The molecular weight excluding hydrogens is 499 g/mol. The fourth-order valence-electron chi connectivity index (χ4n) is 4.12. The maximum Gasteiger partial charge on any atom is 0.239 e. The molecule has 1 aliphatic heterocycles. The minimum absolute atomic E-state index is 0.114. The molecule has 1 atom stereocenters. The number of hydrogen-bond donors (Lipinski definition) is 1. The highest BCUT2D eigenvalue weighted by Gasteiger charge is 2.43. The van der Waals surface area contributed by atoms with Crippen LogP contribution in [0.15, 0.2) is 47.7 Å². The van der Waals surface area contributed by atoms with Crippen molar-refractivity contribution in [3.8, 4) is 22.5 Å². The van der Waals surface area contributed by atoms with E-state index in [0.29, 0.717) is 36.8 Å². The van der Waals surface area contributed by atoms with Gasteiger partial charge in [-0.3, -0.25) is 9.67 Å². The van der Waals surface area contributed by atoms with Gasteiger partial charge < -0.3 is 5.73 Å². The van der Waals surface area contributed by atoms with Crippen LogP contribution in [0.1, 0.15) is 11.8 Å². The predicted octanol–water partition coefficient (Wildman–Crippen LogP) is 3.96. The van der Waals surface area contributed by atoms with Crippen molar-refractivity contribution in [1.82, 2.24) is 19.1 Å². The Balaban J connectivity index is 1.66.